The van der Waals surface area contributed by atoms with Crippen LogP contribution in [-0.4, -0.2) is 33.6 Å². The number of halogens is 1. The van der Waals surface area contributed by atoms with Crippen LogP contribution in [0.3, 0.4) is 0 Å². The van der Waals surface area contributed by atoms with Crippen molar-refractivity contribution in [3.63, 3.8) is 0 Å². The maximum atomic E-state index is 13.6. The summed E-state index contributed by atoms with van der Waals surface area (Å²) in [6.45, 7) is 4.48. The van der Waals surface area contributed by atoms with E-state index in [-0.39, 0.29) is 23.1 Å². The van der Waals surface area contributed by atoms with E-state index in [0.717, 1.165) is 24.6 Å². The fourth-order valence-electron chi connectivity index (χ4n) is 1.56. The summed E-state index contributed by atoms with van der Waals surface area (Å²) in [4.78, 5) is 11.6. The third-order valence-corrected chi connectivity index (χ3v) is 3.58. The molecule has 0 aliphatic rings. The molecular weight excluding hydrogens is 299 g/mol. The Labute approximate surface area is 123 Å². The number of hydrogen-bond donors (Lipinski definition) is 2. The number of carbonyl (C=O) groups is 1. The first kappa shape index (κ1) is 17.5. The number of rotatable bonds is 7. The van der Waals surface area contributed by atoms with Gasteiger partial charge in [-0.1, -0.05) is 6.92 Å². The molecule has 1 rings (SSSR count). The van der Waals surface area contributed by atoms with Gasteiger partial charge in [0.2, 0.25) is 10.0 Å². The molecule has 118 valence electrons. The third kappa shape index (κ3) is 5.41. The summed E-state index contributed by atoms with van der Waals surface area (Å²) < 4.78 is 41.4. The normalized spacial score (nSPS) is 13.0. The van der Waals surface area contributed by atoms with Crippen molar-refractivity contribution >= 4 is 15.9 Å². The summed E-state index contributed by atoms with van der Waals surface area (Å²) in [5.41, 5.74) is -0.371. The Bertz CT molecular complexity index is 604. The molecule has 8 heteroatoms. The molecule has 1 amide bonds. The van der Waals surface area contributed by atoms with Crippen molar-refractivity contribution in [1.29, 1.82) is 0 Å². The Balaban J connectivity index is 2.78. The summed E-state index contributed by atoms with van der Waals surface area (Å²) in [6, 6.07) is 2.82. The van der Waals surface area contributed by atoms with Crippen molar-refractivity contribution in [3.8, 4) is 0 Å². The summed E-state index contributed by atoms with van der Waals surface area (Å²) in [5.74, 6) is -1.54. The number of primary sulfonamides is 1. The monoisotopic (exact) mass is 318 g/mol. The summed E-state index contributed by atoms with van der Waals surface area (Å²) >= 11 is 0. The standard InChI is InChI=1S/C13H19FN2O4S/c1-3-6-20-9(2)8-16-13(17)11-7-10(21(15,18)19)4-5-12(11)14/h4-5,7,9H,3,6,8H2,1-2H3,(H,16,17)(H2,15,18,19)/t9-/m0/s1. The molecule has 0 saturated heterocycles. The molecule has 1 aromatic carbocycles. The minimum atomic E-state index is -3.99. The zero-order chi connectivity index (χ0) is 16.0. The van der Waals surface area contributed by atoms with Gasteiger partial charge in [0.15, 0.2) is 0 Å². The molecule has 0 aromatic heterocycles. The Morgan fingerprint density at radius 1 is 1.48 bits per heavy atom. The van der Waals surface area contributed by atoms with Crippen LogP contribution in [0.15, 0.2) is 23.1 Å². The lowest BCUT2D eigenvalue weighted by atomic mass is 10.2. The highest BCUT2D eigenvalue weighted by Crippen LogP contribution is 2.14. The zero-order valence-electron chi connectivity index (χ0n) is 11.9. The van der Waals surface area contributed by atoms with Crippen molar-refractivity contribution in [3.05, 3.63) is 29.6 Å². The number of ether oxygens (including phenoxy) is 1. The zero-order valence-corrected chi connectivity index (χ0v) is 12.7. The van der Waals surface area contributed by atoms with Gasteiger partial charge in [0.05, 0.1) is 16.6 Å². The Morgan fingerprint density at radius 2 is 2.14 bits per heavy atom. The number of hydrogen-bond acceptors (Lipinski definition) is 4. The van der Waals surface area contributed by atoms with Gasteiger partial charge in [-0.15, -0.1) is 0 Å². The minimum Gasteiger partial charge on any atom is -0.377 e. The van der Waals surface area contributed by atoms with Crippen molar-refractivity contribution < 1.29 is 22.3 Å². The highest BCUT2D eigenvalue weighted by Gasteiger charge is 2.17. The molecule has 21 heavy (non-hydrogen) atoms. The van der Waals surface area contributed by atoms with E-state index in [0.29, 0.717) is 6.61 Å². The predicted molar refractivity (Wildman–Crippen MR) is 75.8 cm³/mol. The molecule has 0 heterocycles. The molecule has 1 aromatic rings. The highest BCUT2D eigenvalue weighted by atomic mass is 32.2. The summed E-state index contributed by atoms with van der Waals surface area (Å²) in [7, 11) is -3.99. The fourth-order valence-corrected chi connectivity index (χ4v) is 2.10. The fraction of sp³-hybridized carbons (Fsp3) is 0.462. The third-order valence-electron chi connectivity index (χ3n) is 2.67. The van der Waals surface area contributed by atoms with Gasteiger partial charge in [-0.25, -0.2) is 17.9 Å². The van der Waals surface area contributed by atoms with Crippen molar-refractivity contribution in [2.24, 2.45) is 5.14 Å². The molecule has 0 aliphatic heterocycles. The minimum absolute atomic E-state index is 0.192. The lowest BCUT2D eigenvalue weighted by Crippen LogP contribution is -2.33. The Kier molecular flexibility index (Phi) is 6.25. The van der Waals surface area contributed by atoms with Crippen LogP contribution in [0, 0.1) is 5.82 Å². The van der Waals surface area contributed by atoms with E-state index in [4.69, 9.17) is 9.88 Å². The molecule has 0 saturated carbocycles. The SMILES string of the molecule is CCCO[C@@H](C)CNC(=O)c1cc(S(N)(=O)=O)ccc1F. The van der Waals surface area contributed by atoms with Crippen LogP contribution in [0.2, 0.25) is 0 Å². The average Bonchev–Trinajstić information content (AvgIpc) is 2.41. The highest BCUT2D eigenvalue weighted by molar-refractivity contribution is 7.89. The topological polar surface area (TPSA) is 98.5 Å². The average molecular weight is 318 g/mol. The molecule has 1 atom stereocenters. The van der Waals surface area contributed by atoms with E-state index in [9.17, 15) is 17.6 Å². The second kappa shape index (κ2) is 7.48. The van der Waals surface area contributed by atoms with Gasteiger partial charge < -0.3 is 10.1 Å². The number of amides is 1. The predicted octanol–water partition coefficient (Wildman–Crippen LogP) is 1.02. The summed E-state index contributed by atoms with van der Waals surface area (Å²) in [5, 5.41) is 7.44. The number of nitrogens with one attached hydrogen (secondary N) is 1. The van der Waals surface area contributed by atoms with E-state index in [1.807, 2.05) is 6.92 Å². The number of nitrogens with two attached hydrogens (primary N) is 1. The smallest absolute Gasteiger partial charge is 0.254 e. The van der Waals surface area contributed by atoms with E-state index in [2.05, 4.69) is 5.32 Å². The lowest BCUT2D eigenvalue weighted by Gasteiger charge is -2.13. The van der Waals surface area contributed by atoms with Crippen molar-refractivity contribution in [2.75, 3.05) is 13.2 Å². The quantitative estimate of drug-likeness (QED) is 0.784. The Hall–Kier alpha value is -1.51. The van der Waals surface area contributed by atoms with Crippen molar-refractivity contribution in [1.82, 2.24) is 5.32 Å². The largest absolute Gasteiger partial charge is 0.377 e. The second-order valence-corrected chi connectivity index (χ2v) is 6.14. The Morgan fingerprint density at radius 3 is 2.71 bits per heavy atom. The van der Waals surface area contributed by atoms with Crippen LogP contribution in [0.25, 0.3) is 0 Å². The van der Waals surface area contributed by atoms with Crippen LogP contribution < -0.4 is 10.5 Å². The van der Waals surface area contributed by atoms with Crippen molar-refractivity contribution in [2.45, 2.75) is 31.3 Å². The van der Waals surface area contributed by atoms with Gasteiger partial charge in [-0.05, 0) is 31.5 Å². The second-order valence-electron chi connectivity index (χ2n) is 4.58. The first-order valence-electron chi connectivity index (χ1n) is 6.47. The molecule has 6 nitrogen and oxygen atoms in total. The lowest BCUT2D eigenvalue weighted by molar-refractivity contribution is 0.0621. The molecule has 0 radical (unpaired) electrons. The van der Waals surface area contributed by atoms with E-state index < -0.39 is 21.7 Å². The molecule has 0 bridgehead atoms. The van der Waals surface area contributed by atoms with Gasteiger partial charge in [0.1, 0.15) is 5.82 Å². The van der Waals surface area contributed by atoms with Gasteiger partial charge in [0, 0.05) is 13.2 Å². The maximum Gasteiger partial charge on any atom is 0.254 e. The molecule has 0 spiro atoms. The van der Waals surface area contributed by atoms with Gasteiger partial charge in [0.25, 0.3) is 5.91 Å². The number of benzene rings is 1. The van der Waals surface area contributed by atoms with Crippen LogP contribution in [-0.2, 0) is 14.8 Å². The van der Waals surface area contributed by atoms with E-state index >= 15 is 0 Å². The first-order valence-corrected chi connectivity index (χ1v) is 8.02. The molecule has 0 aliphatic carbocycles. The van der Waals surface area contributed by atoms with Crippen LogP contribution in [0.4, 0.5) is 4.39 Å². The molecule has 0 unspecified atom stereocenters. The van der Waals surface area contributed by atoms with Crippen LogP contribution in [0.1, 0.15) is 30.6 Å². The van der Waals surface area contributed by atoms with E-state index in [1.165, 1.54) is 0 Å². The molecule has 0 fully saturated rings. The molecule has 3 N–H and O–H groups in total. The first-order chi connectivity index (χ1) is 9.75. The number of sulfonamides is 1. The van der Waals surface area contributed by atoms with E-state index in [1.54, 1.807) is 6.92 Å². The van der Waals surface area contributed by atoms with Gasteiger partial charge >= 0.3 is 0 Å². The van der Waals surface area contributed by atoms with Gasteiger partial charge in [-0.2, -0.15) is 0 Å². The number of carbonyl (C=O) groups excluding carboxylic acids is 1. The summed E-state index contributed by atoms with van der Waals surface area (Å²) in [6.07, 6.45) is 0.627. The van der Waals surface area contributed by atoms with Crippen LogP contribution >= 0.6 is 0 Å². The van der Waals surface area contributed by atoms with Crippen LogP contribution in [0.5, 0.6) is 0 Å². The maximum absolute atomic E-state index is 13.6. The van der Waals surface area contributed by atoms with Gasteiger partial charge in [-0.3, -0.25) is 4.79 Å². The molecular formula is C13H19FN2O4S.